The Morgan fingerprint density at radius 3 is 2.58 bits per heavy atom. The molecule has 3 nitrogen and oxygen atoms in total. The lowest BCUT2D eigenvalue weighted by Crippen LogP contribution is -2.31. The van der Waals surface area contributed by atoms with E-state index >= 15 is 0 Å². The predicted octanol–water partition coefficient (Wildman–Crippen LogP) is 6.37. The molecule has 0 aliphatic carbocycles. The minimum atomic E-state index is -2.56. The molecule has 31 heavy (non-hydrogen) atoms. The number of hydrogen-bond donors (Lipinski definition) is 0. The summed E-state index contributed by atoms with van der Waals surface area (Å²) in [5.74, 6) is -0.802. The molecule has 5 rings (SSSR count). The van der Waals surface area contributed by atoms with Crippen LogP contribution >= 0.6 is 0 Å². The molecule has 2 aromatic heterocycles. The zero-order chi connectivity index (χ0) is 24.2. The lowest BCUT2D eigenvalue weighted by Gasteiger charge is -2.06. The molecule has 0 aliphatic rings. The molecule has 3 aromatic carbocycles. The van der Waals surface area contributed by atoms with Crippen molar-refractivity contribution in [2.75, 3.05) is 0 Å². The molecular formula is C27H20FN2O+. The van der Waals surface area contributed by atoms with E-state index in [4.69, 9.17) is 8.53 Å². The van der Waals surface area contributed by atoms with Crippen molar-refractivity contribution in [2.24, 2.45) is 7.05 Å². The fraction of sp³-hybridized carbons (Fsp3) is 0.111. The van der Waals surface area contributed by atoms with E-state index in [0.29, 0.717) is 33.4 Å². The normalized spacial score (nSPS) is 13.0. The van der Waals surface area contributed by atoms with Gasteiger partial charge in [0.1, 0.15) is 24.0 Å². The number of aromatic nitrogens is 1. The van der Waals surface area contributed by atoms with Crippen LogP contribution in [0, 0.1) is 30.9 Å². The van der Waals surface area contributed by atoms with E-state index in [2.05, 4.69) is 6.07 Å². The van der Waals surface area contributed by atoms with Gasteiger partial charge >= 0.3 is 0 Å². The SMILES string of the molecule is [2H]C([2H])([2H])c1c[n+](C)c(-c2c(C)ccc3c2oc2c(-c4ccccc4)ccc(C#N)c23)cc1F. The van der Waals surface area contributed by atoms with Gasteiger partial charge < -0.3 is 4.42 Å². The van der Waals surface area contributed by atoms with Gasteiger partial charge in [0.15, 0.2) is 6.20 Å². The van der Waals surface area contributed by atoms with Crippen LogP contribution in [-0.4, -0.2) is 0 Å². The summed E-state index contributed by atoms with van der Waals surface area (Å²) in [5.41, 5.74) is 5.00. The van der Waals surface area contributed by atoms with E-state index in [1.165, 1.54) is 12.3 Å². The molecule has 0 saturated carbocycles. The summed E-state index contributed by atoms with van der Waals surface area (Å²) in [6.45, 7) is -0.673. The highest BCUT2D eigenvalue weighted by atomic mass is 19.1. The third-order valence-corrected chi connectivity index (χ3v) is 5.68. The number of aryl methyl sites for hydroxylation is 3. The Bertz CT molecular complexity index is 1630. The largest absolute Gasteiger partial charge is 0.454 e. The van der Waals surface area contributed by atoms with E-state index in [0.717, 1.165) is 22.1 Å². The highest BCUT2D eigenvalue weighted by molar-refractivity contribution is 6.15. The monoisotopic (exact) mass is 410 g/mol. The number of hydrogen-bond acceptors (Lipinski definition) is 2. The first-order chi connectivity index (χ1) is 16.2. The third kappa shape index (κ3) is 2.90. The molecule has 0 spiro atoms. The van der Waals surface area contributed by atoms with Gasteiger partial charge in [0.2, 0.25) is 5.69 Å². The molecule has 0 N–H and O–H groups in total. The summed E-state index contributed by atoms with van der Waals surface area (Å²) in [6.07, 6.45) is 1.30. The first kappa shape index (κ1) is 15.8. The number of furan rings is 1. The van der Waals surface area contributed by atoms with E-state index in [1.54, 1.807) is 17.7 Å². The maximum atomic E-state index is 14.9. The molecule has 5 aromatic rings. The molecule has 0 aliphatic heterocycles. The van der Waals surface area contributed by atoms with Crippen molar-refractivity contribution in [2.45, 2.75) is 13.8 Å². The van der Waals surface area contributed by atoms with Gasteiger partial charge in [-0.05, 0) is 37.0 Å². The smallest absolute Gasteiger partial charge is 0.219 e. The summed E-state index contributed by atoms with van der Waals surface area (Å²) >= 11 is 0. The van der Waals surface area contributed by atoms with Crippen LogP contribution in [-0.2, 0) is 7.05 Å². The summed E-state index contributed by atoms with van der Waals surface area (Å²) in [4.78, 5) is 0. The van der Waals surface area contributed by atoms with Gasteiger partial charge in [-0.1, -0.05) is 42.5 Å². The van der Waals surface area contributed by atoms with Crippen LogP contribution in [0.25, 0.3) is 44.3 Å². The van der Waals surface area contributed by atoms with Gasteiger partial charge in [-0.25, -0.2) is 8.96 Å². The molecule has 0 saturated heterocycles. The molecule has 0 atom stereocenters. The van der Waals surface area contributed by atoms with Gasteiger partial charge in [0, 0.05) is 32.1 Å². The highest BCUT2D eigenvalue weighted by Crippen LogP contribution is 2.42. The van der Waals surface area contributed by atoms with Crippen LogP contribution in [0.3, 0.4) is 0 Å². The van der Waals surface area contributed by atoms with E-state index < -0.39 is 12.7 Å². The maximum Gasteiger partial charge on any atom is 0.219 e. The van der Waals surface area contributed by atoms with Gasteiger partial charge in [-0.15, -0.1) is 0 Å². The number of fused-ring (bicyclic) bond motifs is 3. The average Bonchev–Trinajstić information content (AvgIpc) is 3.19. The summed E-state index contributed by atoms with van der Waals surface area (Å²) in [7, 11) is 1.68. The van der Waals surface area contributed by atoms with Crippen LogP contribution in [0.1, 0.15) is 20.8 Å². The fourth-order valence-electron chi connectivity index (χ4n) is 4.17. The Balaban J connectivity index is 1.88. The highest BCUT2D eigenvalue weighted by Gasteiger charge is 2.24. The minimum Gasteiger partial charge on any atom is -0.454 e. The zero-order valence-corrected chi connectivity index (χ0v) is 17.0. The number of rotatable bonds is 2. The Morgan fingerprint density at radius 1 is 1.03 bits per heavy atom. The lowest BCUT2D eigenvalue weighted by atomic mass is 9.96. The van der Waals surface area contributed by atoms with Crippen molar-refractivity contribution in [1.29, 1.82) is 5.26 Å². The molecule has 0 amide bonds. The van der Waals surface area contributed by atoms with Crippen LogP contribution in [0.5, 0.6) is 0 Å². The molecule has 4 heteroatoms. The van der Waals surface area contributed by atoms with Crippen LogP contribution in [0.15, 0.2) is 71.3 Å². The van der Waals surface area contributed by atoms with Gasteiger partial charge in [0.25, 0.3) is 0 Å². The van der Waals surface area contributed by atoms with E-state index in [-0.39, 0.29) is 5.56 Å². The van der Waals surface area contributed by atoms with E-state index in [9.17, 15) is 9.65 Å². The fourth-order valence-corrected chi connectivity index (χ4v) is 4.17. The molecular weight excluding hydrogens is 387 g/mol. The van der Waals surface area contributed by atoms with Crippen LogP contribution in [0.4, 0.5) is 4.39 Å². The van der Waals surface area contributed by atoms with Crippen molar-refractivity contribution in [1.82, 2.24) is 0 Å². The molecule has 2 heterocycles. The topological polar surface area (TPSA) is 40.8 Å². The second kappa shape index (κ2) is 7.07. The minimum absolute atomic E-state index is 0.341. The Morgan fingerprint density at radius 2 is 1.84 bits per heavy atom. The Kier molecular flexibility index (Phi) is 3.61. The second-order valence-corrected chi connectivity index (χ2v) is 7.61. The van der Waals surface area contributed by atoms with Gasteiger partial charge in [0.05, 0.1) is 17.2 Å². The molecule has 0 radical (unpaired) electrons. The van der Waals surface area contributed by atoms with Crippen LogP contribution < -0.4 is 4.57 Å². The summed E-state index contributed by atoms with van der Waals surface area (Å²) in [5, 5.41) is 11.2. The Labute approximate surface area is 183 Å². The quantitative estimate of drug-likeness (QED) is 0.317. The van der Waals surface area contributed by atoms with Crippen molar-refractivity contribution < 1.29 is 17.5 Å². The number of nitriles is 1. The van der Waals surface area contributed by atoms with Crippen molar-refractivity contribution in [3.8, 4) is 28.5 Å². The lowest BCUT2D eigenvalue weighted by molar-refractivity contribution is -0.661. The first-order valence-electron chi connectivity index (χ1n) is 11.3. The molecule has 0 unspecified atom stereocenters. The summed E-state index contributed by atoms with van der Waals surface area (Å²) in [6, 6.07) is 20.7. The average molecular weight is 410 g/mol. The number of pyridine rings is 1. The van der Waals surface area contributed by atoms with Crippen molar-refractivity contribution >= 4 is 21.9 Å². The third-order valence-electron chi connectivity index (χ3n) is 5.68. The second-order valence-electron chi connectivity index (χ2n) is 7.61. The predicted molar refractivity (Wildman–Crippen MR) is 120 cm³/mol. The number of halogens is 1. The molecule has 0 fully saturated rings. The number of benzene rings is 3. The zero-order valence-electron chi connectivity index (χ0n) is 20.0. The van der Waals surface area contributed by atoms with Gasteiger partial charge in [-0.2, -0.15) is 5.26 Å². The maximum absolute atomic E-state index is 14.9. The number of nitrogens with zero attached hydrogens (tertiary/aromatic N) is 2. The van der Waals surface area contributed by atoms with E-state index in [1.807, 2.05) is 55.5 Å². The molecule has 0 bridgehead atoms. The molecule has 150 valence electrons. The Hall–Kier alpha value is -3.97. The van der Waals surface area contributed by atoms with Crippen LogP contribution in [0.2, 0.25) is 0 Å². The first-order valence-corrected chi connectivity index (χ1v) is 9.85. The van der Waals surface area contributed by atoms with Crippen molar-refractivity contribution in [3.05, 3.63) is 89.4 Å². The summed E-state index contributed by atoms with van der Waals surface area (Å²) < 4.78 is 45.8. The van der Waals surface area contributed by atoms with Gasteiger partial charge in [-0.3, -0.25) is 0 Å². The van der Waals surface area contributed by atoms with Crippen molar-refractivity contribution in [3.63, 3.8) is 0 Å². The standard InChI is InChI=1S/C27H20FN2O/c1-16-9-11-21-25-19(14-29)10-12-20(18-7-5-4-6-8-18)26(25)31-27(21)24(16)23-13-22(28)17(2)15-30(23)3/h4-13,15H,1-3H3/q+1/i2D3.